The van der Waals surface area contributed by atoms with E-state index < -0.39 is 11.4 Å². The van der Waals surface area contributed by atoms with Crippen LogP contribution in [0.3, 0.4) is 0 Å². The van der Waals surface area contributed by atoms with Crippen LogP contribution in [0.2, 0.25) is 0 Å². The summed E-state index contributed by atoms with van der Waals surface area (Å²) >= 11 is 0. The maximum atomic E-state index is 11.4. The van der Waals surface area contributed by atoms with Gasteiger partial charge in [-0.3, -0.25) is 4.79 Å². The largest absolute Gasteiger partial charge is 0.481 e. The highest BCUT2D eigenvalue weighted by Crippen LogP contribution is 2.54. The Bertz CT molecular complexity index is 363. The lowest BCUT2D eigenvalue weighted by atomic mass is 9.69. The van der Waals surface area contributed by atoms with Crippen molar-refractivity contribution in [1.82, 2.24) is 0 Å². The number of allylic oxidation sites excluding steroid dienone is 3. The van der Waals surface area contributed by atoms with Crippen molar-refractivity contribution >= 4 is 5.97 Å². The van der Waals surface area contributed by atoms with Crippen LogP contribution < -0.4 is 0 Å². The lowest BCUT2D eigenvalue weighted by molar-refractivity contribution is -0.147. The normalized spacial score (nSPS) is 37.3. The van der Waals surface area contributed by atoms with E-state index >= 15 is 0 Å². The van der Waals surface area contributed by atoms with Gasteiger partial charge in [-0.15, -0.1) is 0 Å². The molecule has 0 aromatic heterocycles. The van der Waals surface area contributed by atoms with Crippen LogP contribution in [-0.2, 0) is 4.79 Å². The SMILES string of the molecule is CC1(C)CCC2C1=CC=CC2(C)C(=O)O. The second-order valence-electron chi connectivity index (χ2n) is 5.54. The van der Waals surface area contributed by atoms with Crippen LogP contribution in [0.4, 0.5) is 0 Å². The Kier molecular flexibility index (Phi) is 2.07. The number of aliphatic carboxylic acids is 1. The quantitative estimate of drug-likeness (QED) is 0.716. The third-order valence-electron chi connectivity index (χ3n) is 4.12. The first kappa shape index (κ1) is 10.5. The first-order valence-electron chi connectivity index (χ1n) is 5.51. The average Bonchev–Trinajstić information content (AvgIpc) is 2.44. The first-order valence-corrected chi connectivity index (χ1v) is 5.51. The van der Waals surface area contributed by atoms with E-state index in [1.807, 2.05) is 19.1 Å². The Morgan fingerprint density at radius 3 is 2.73 bits per heavy atom. The molecular formula is C13H18O2. The molecule has 82 valence electrons. The maximum absolute atomic E-state index is 11.4. The van der Waals surface area contributed by atoms with Gasteiger partial charge in [-0.25, -0.2) is 0 Å². The molecule has 2 rings (SSSR count). The van der Waals surface area contributed by atoms with Gasteiger partial charge in [-0.2, -0.15) is 0 Å². The molecule has 2 aliphatic carbocycles. The van der Waals surface area contributed by atoms with Crippen LogP contribution >= 0.6 is 0 Å². The fourth-order valence-corrected chi connectivity index (χ4v) is 2.93. The van der Waals surface area contributed by atoms with Gasteiger partial charge in [0.15, 0.2) is 0 Å². The number of fused-ring (bicyclic) bond motifs is 1. The van der Waals surface area contributed by atoms with Crippen molar-refractivity contribution in [1.29, 1.82) is 0 Å². The molecule has 2 nitrogen and oxygen atoms in total. The van der Waals surface area contributed by atoms with Crippen LogP contribution in [0.25, 0.3) is 0 Å². The number of carboxylic acid groups (broad SMARTS) is 1. The second kappa shape index (κ2) is 2.97. The highest BCUT2D eigenvalue weighted by atomic mass is 16.4. The molecule has 1 N–H and O–H groups in total. The molecule has 0 amide bonds. The molecule has 0 aromatic rings. The highest BCUT2D eigenvalue weighted by molar-refractivity contribution is 5.78. The minimum absolute atomic E-state index is 0.173. The number of rotatable bonds is 1. The minimum atomic E-state index is -0.702. The lowest BCUT2D eigenvalue weighted by Crippen LogP contribution is -2.35. The van der Waals surface area contributed by atoms with Crippen molar-refractivity contribution in [2.45, 2.75) is 33.6 Å². The zero-order chi connectivity index (χ0) is 11.3. The molecule has 2 heteroatoms. The molecule has 0 radical (unpaired) electrons. The average molecular weight is 206 g/mol. The second-order valence-corrected chi connectivity index (χ2v) is 5.54. The molecule has 0 bridgehead atoms. The van der Waals surface area contributed by atoms with E-state index in [2.05, 4.69) is 19.9 Å². The van der Waals surface area contributed by atoms with Gasteiger partial charge in [0.1, 0.15) is 0 Å². The standard InChI is InChI=1S/C13H18O2/c1-12(2)8-6-10-9(12)5-4-7-13(10,3)11(14)15/h4-5,7,10H,6,8H2,1-3H3,(H,14,15). The van der Waals surface area contributed by atoms with Crippen molar-refractivity contribution in [3.05, 3.63) is 23.8 Å². The van der Waals surface area contributed by atoms with E-state index in [9.17, 15) is 9.90 Å². The van der Waals surface area contributed by atoms with Gasteiger partial charge >= 0.3 is 5.97 Å². The topological polar surface area (TPSA) is 37.3 Å². The summed E-state index contributed by atoms with van der Waals surface area (Å²) in [4.78, 5) is 11.4. The first-order chi connectivity index (χ1) is 6.88. The third-order valence-corrected chi connectivity index (χ3v) is 4.12. The fraction of sp³-hybridized carbons (Fsp3) is 0.615. The fourth-order valence-electron chi connectivity index (χ4n) is 2.93. The Balaban J connectivity index is 2.43. The predicted molar refractivity (Wildman–Crippen MR) is 59.5 cm³/mol. The summed E-state index contributed by atoms with van der Waals surface area (Å²) in [6.45, 7) is 6.26. The number of hydrogen-bond acceptors (Lipinski definition) is 1. The van der Waals surface area contributed by atoms with E-state index in [4.69, 9.17) is 0 Å². The zero-order valence-corrected chi connectivity index (χ0v) is 9.58. The predicted octanol–water partition coefficient (Wildman–Crippen LogP) is 3.01. The molecule has 0 spiro atoms. The van der Waals surface area contributed by atoms with Crippen molar-refractivity contribution < 1.29 is 9.90 Å². The van der Waals surface area contributed by atoms with Gasteiger partial charge < -0.3 is 5.11 Å². The van der Waals surface area contributed by atoms with Gasteiger partial charge in [0, 0.05) is 5.92 Å². The van der Waals surface area contributed by atoms with Crippen LogP contribution in [0.5, 0.6) is 0 Å². The highest BCUT2D eigenvalue weighted by Gasteiger charge is 2.49. The molecule has 1 fully saturated rings. The lowest BCUT2D eigenvalue weighted by Gasteiger charge is -2.34. The molecule has 0 aromatic carbocycles. The Morgan fingerprint density at radius 2 is 2.13 bits per heavy atom. The molecule has 15 heavy (non-hydrogen) atoms. The van der Waals surface area contributed by atoms with E-state index in [-0.39, 0.29) is 11.3 Å². The van der Waals surface area contributed by atoms with Gasteiger partial charge in [0.05, 0.1) is 5.41 Å². The van der Waals surface area contributed by atoms with Crippen molar-refractivity contribution in [2.24, 2.45) is 16.7 Å². The van der Waals surface area contributed by atoms with Gasteiger partial charge in [0.25, 0.3) is 0 Å². The minimum Gasteiger partial charge on any atom is -0.481 e. The number of hydrogen-bond donors (Lipinski definition) is 1. The van der Waals surface area contributed by atoms with Crippen molar-refractivity contribution in [3.63, 3.8) is 0 Å². The van der Waals surface area contributed by atoms with Gasteiger partial charge in [-0.05, 0) is 25.2 Å². The Morgan fingerprint density at radius 1 is 1.47 bits per heavy atom. The number of carboxylic acids is 1. The molecular weight excluding hydrogens is 188 g/mol. The zero-order valence-electron chi connectivity index (χ0n) is 9.58. The molecule has 2 atom stereocenters. The van der Waals surface area contributed by atoms with Crippen LogP contribution in [-0.4, -0.2) is 11.1 Å². The van der Waals surface area contributed by atoms with Gasteiger partial charge in [0.2, 0.25) is 0 Å². The Labute approximate surface area is 90.7 Å². The van der Waals surface area contributed by atoms with E-state index in [0.717, 1.165) is 12.8 Å². The van der Waals surface area contributed by atoms with Crippen molar-refractivity contribution in [3.8, 4) is 0 Å². The molecule has 0 heterocycles. The van der Waals surface area contributed by atoms with Crippen molar-refractivity contribution in [2.75, 3.05) is 0 Å². The van der Waals surface area contributed by atoms with E-state index in [0.29, 0.717) is 0 Å². The van der Waals surface area contributed by atoms with E-state index in [1.54, 1.807) is 0 Å². The summed E-state index contributed by atoms with van der Waals surface area (Å²) in [7, 11) is 0. The summed E-state index contributed by atoms with van der Waals surface area (Å²) in [6.07, 6.45) is 7.94. The monoisotopic (exact) mass is 206 g/mol. The van der Waals surface area contributed by atoms with E-state index in [1.165, 1.54) is 5.57 Å². The maximum Gasteiger partial charge on any atom is 0.313 e. The molecule has 0 aliphatic heterocycles. The van der Waals surface area contributed by atoms with Crippen LogP contribution in [0.1, 0.15) is 33.6 Å². The van der Waals surface area contributed by atoms with Crippen LogP contribution in [0.15, 0.2) is 23.8 Å². The molecule has 1 saturated carbocycles. The smallest absolute Gasteiger partial charge is 0.313 e. The summed E-state index contributed by atoms with van der Waals surface area (Å²) < 4.78 is 0. The summed E-state index contributed by atoms with van der Waals surface area (Å²) in [5.41, 5.74) is 0.791. The third kappa shape index (κ3) is 1.35. The Hall–Kier alpha value is -1.05. The summed E-state index contributed by atoms with van der Waals surface area (Å²) in [6, 6.07) is 0. The molecule has 2 aliphatic rings. The summed E-state index contributed by atoms with van der Waals surface area (Å²) in [5.74, 6) is -0.512. The number of carbonyl (C=O) groups is 1. The molecule has 0 saturated heterocycles. The van der Waals surface area contributed by atoms with Gasteiger partial charge in [-0.1, -0.05) is 37.6 Å². The molecule has 2 unspecified atom stereocenters. The van der Waals surface area contributed by atoms with Crippen LogP contribution in [0, 0.1) is 16.7 Å². The summed E-state index contributed by atoms with van der Waals surface area (Å²) in [5, 5.41) is 9.34.